The zero-order chi connectivity index (χ0) is 12.4. The number of nitrogens with one attached hydrogen (secondary N) is 1. The van der Waals surface area contributed by atoms with Crippen molar-refractivity contribution in [1.29, 1.82) is 0 Å². The number of benzene rings is 1. The summed E-state index contributed by atoms with van der Waals surface area (Å²) in [6, 6.07) is 13.8. The second-order valence-electron chi connectivity index (χ2n) is 3.97. The van der Waals surface area contributed by atoms with Crippen molar-refractivity contribution in [3.63, 3.8) is 0 Å². The predicted octanol–water partition coefficient (Wildman–Crippen LogP) is 2.72. The Bertz CT molecular complexity index is 644. The molecule has 0 aliphatic heterocycles. The van der Waals surface area contributed by atoms with Crippen LogP contribution in [0.25, 0.3) is 22.4 Å². The molecule has 0 amide bonds. The number of nitrogens with zero attached hydrogens (tertiary/aromatic N) is 2. The van der Waals surface area contributed by atoms with Crippen LogP contribution in [0.2, 0.25) is 0 Å². The summed E-state index contributed by atoms with van der Waals surface area (Å²) >= 11 is 0. The maximum atomic E-state index is 5.95. The number of aromatic nitrogens is 3. The second-order valence-corrected chi connectivity index (χ2v) is 3.97. The van der Waals surface area contributed by atoms with Gasteiger partial charge in [-0.3, -0.25) is 10.1 Å². The third kappa shape index (κ3) is 1.73. The van der Waals surface area contributed by atoms with Crippen LogP contribution in [-0.4, -0.2) is 15.2 Å². The lowest BCUT2D eigenvalue weighted by molar-refractivity contribution is 1.10. The molecule has 0 saturated carbocycles. The Kier molecular flexibility index (Phi) is 2.53. The van der Waals surface area contributed by atoms with Gasteiger partial charge in [0.15, 0.2) is 5.82 Å². The topological polar surface area (TPSA) is 67.6 Å². The fourth-order valence-electron chi connectivity index (χ4n) is 1.97. The van der Waals surface area contributed by atoms with Gasteiger partial charge in [0.1, 0.15) is 0 Å². The number of nitrogen functional groups attached to an aromatic ring is 1. The standard InChI is InChI=1S/C14H12N4/c15-14-12(10-5-2-1-3-6-10)13(17-18-14)11-7-4-8-16-9-11/h1-9H,(H3,15,17,18). The molecule has 2 heterocycles. The van der Waals surface area contributed by atoms with E-state index in [2.05, 4.69) is 15.2 Å². The quantitative estimate of drug-likeness (QED) is 0.718. The van der Waals surface area contributed by atoms with Crippen molar-refractivity contribution < 1.29 is 0 Å². The Hall–Kier alpha value is -2.62. The van der Waals surface area contributed by atoms with Crippen molar-refractivity contribution in [1.82, 2.24) is 15.2 Å². The molecule has 3 rings (SSSR count). The average molecular weight is 236 g/mol. The molecular weight excluding hydrogens is 224 g/mol. The van der Waals surface area contributed by atoms with E-state index in [-0.39, 0.29) is 0 Å². The Morgan fingerprint density at radius 3 is 2.44 bits per heavy atom. The van der Waals surface area contributed by atoms with Crippen molar-refractivity contribution in [2.45, 2.75) is 0 Å². The minimum atomic E-state index is 0.500. The molecule has 0 bridgehead atoms. The minimum absolute atomic E-state index is 0.500. The van der Waals surface area contributed by atoms with Crippen LogP contribution < -0.4 is 5.73 Å². The lowest BCUT2D eigenvalue weighted by Gasteiger charge is -2.03. The van der Waals surface area contributed by atoms with Gasteiger partial charge >= 0.3 is 0 Å². The van der Waals surface area contributed by atoms with Crippen LogP contribution in [0.5, 0.6) is 0 Å². The highest BCUT2D eigenvalue weighted by Gasteiger charge is 2.14. The largest absolute Gasteiger partial charge is 0.382 e. The molecule has 0 aliphatic carbocycles. The number of nitrogens with two attached hydrogens (primary N) is 1. The SMILES string of the molecule is Nc1n[nH]c(-c2cccnc2)c1-c1ccccc1. The van der Waals surface area contributed by atoms with E-state index in [4.69, 9.17) is 5.73 Å². The van der Waals surface area contributed by atoms with E-state index < -0.39 is 0 Å². The molecule has 0 atom stereocenters. The molecule has 3 N–H and O–H groups in total. The lowest BCUT2D eigenvalue weighted by atomic mass is 10.0. The van der Waals surface area contributed by atoms with Crippen LogP contribution in [0, 0.1) is 0 Å². The number of anilines is 1. The van der Waals surface area contributed by atoms with E-state index in [1.54, 1.807) is 12.4 Å². The average Bonchev–Trinajstić information content (AvgIpc) is 2.83. The van der Waals surface area contributed by atoms with Gasteiger partial charge in [-0.1, -0.05) is 30.3 Å². The second kappa shape index (κ2) is 4.33. The number of rotatable bonds is 2. The molecule has 88 valence electrons. The first kappa shape index (κ1) is 10.5. The van der Waals surface area contributed by atoms with Crippen molar-refractivity contribution in [3.05, 3.63) is 54.9 Å². The summed E-state index contributed by atoms with van der Waals surface area (Å²) < 4.78 is 0. The monoisotopic (exact) mass is 236 g/mol. The molecule has 2 aromatic heterocycles. The van der Waals surface area contributed by atoms with Gasteiger partial charge in [-0.05, 0) is 17.7 Å². The van der Waals surface area contributed by atoms with E-state index in [9.17, 15) is 0 Å². The Labute approximate surface area is 105 Å². The number of aromatic amines is 1. The van der Waals surface area contributed by atoms with Crippen molar-refractivity contribution in [2.75, 3.05) is 5.73 Å². The smallest absolute Gasteiger partial charge is 0.153 e. The molecule has 1 aromatic carbocycles. The van der Waals surface area contributed by atoms with Gasteiger partial charge < -0.3 is 5.73 Å². The van der Waals surface area contributed by atoms with Crippen LogP contribution in [0.1, 0.15) is 0 Å². The maximum absolute atomic E-state index is 5.95. The van der Waals surface area contributed by atoms with Crippen LogP contribution >= 0.6 is 0 Å². The van der Waals surface area contributed by atoms with Crippen LogP contribution in [0.4, 0.5) is 5.82 Å². The van der Waals surface area contributed by atoms with E-state index >= 15 is 0 Å². The Morgan fingerprint density at radius 1 is 0.944 bits per heavy atom. The van der Waals surface area contributed by atoms with Gasteiger partial charge in [0.05, 0.1) is 11.3 Å². The summed E-state index contributed by atoms with van der Waals surface area (Å²) in [5.41, 5.74) is 9.78. The molecule has 0 fully saturated rings. The molecule has 0 unspecified atom stereocenters. The minimum Gasteiger partial charge on any atom is -0.382 e. The molecule has 3 aromatic rings. The first-order valence-corrected chi connectivity index (χ1v) is 5.66. The van der Waals surface area contributed by atoms with E-state index in [0.29, 0.717) is 5.82 Å². The first-order valence-electron chi connectivity index (χ1n) is 5.66. The van der Waals surface area contributed by atoms with Crippen molar-refractivity contribution in [3.8, 4) is 22.4 Å². The summed E-state index contributed by atoms with van der Waals surface area (Å²) in [4.78, 5) is 4.12. The van der Waals surface area contributed by atoms with E-state index in [0.717, 1.165) is 22.4 Å². The third-order valence-corrected chi connectivity index (χ3v) is 2.81. The number of hydrogen-bond acceptors (Lipinski definition) is 3. The van der Waals surface area contributed by atoms with Crippen LogP contribution in [-0.2, 0) is 0 Å². The lowest BCUT2D eigenvalue weighted by Crippen LogP contribution is -1.88. The van der Waals surface area contributed by atoms with Gasteiger partial charge in [0.2, 0.25) is 0 Å². The maximum Gasteiger partial charge on any atom is 0.153 e. The summed E-state index contributed by atoms with van der Waals surface area (Å²) in [6.07, 6.45) is 3.53. The first-order chi connectivity index (χ1) is 8.86. The van der Waals surface area contributed by atoms with Gasteiger partial charge in [0, 0.05) is 18.0 Å². The normalized spacial score (nSPS) is 10.4. The fourth-order valence-corrected chi connectivity index (χ4v) is 1.97. The van der Waals surface area contributed by atoms with E-state index in [1.807, 2.05) is 42.5 Å². The van der Waals surface area contributed by atoms with Crippen LogP contribution in [0.15, 0.2) is 54.9 Å². The van der Waals surface area contributed by atoms with Gasteiger partial charge in [0.25, 0.3) is 0 Å². The highest BCUT2D eigenvalue weighted by atomic mass is 15.2. The molecular formula is C14H12N4. The van der Waals surface area contributed by atoms with E-state index in [1.165, 1.54) is 0 Å². The Balaban J connectivity index is 2.19. The van der Waals surface area contributed by atoms with Crippen molar-refractivity contribution in [2.24, 2.45) is 0 Å². The molecule has 0 aliphatic rings. The summed E-state index contributed by atoms with van der Waals surface area (Å²) in [5, 5.41) is 7.07. The van der Waals surface area contributed by atoms with Gasteiger partial charge in [-0.25, -0.2) is 0 Å². The van der Waals surface area contributed by atoms with Crippen LogP contribution in [0.3, 0.4) is 0 Å². The summed E-state index contributed by atoms with van der Waals surface area (Å²) in [5.74, 6) is 0.500. The zero-order valence-corrected chi connectivity index (χ0v) is 9.67. The summed E-state index contributed by atoms with van der Waals surface area (Å²) in [6.45, 7) is 0. The van der Waals surface area contributed by atoms with Gasteiger partial charge in [-0.15, -0.1) is 0 Å². The molecule has 4 heteroatoms. The highest BCUT2D eigenvalue weighted by Crippen LogP contribution is 2.33. The highest BCUT2D eigenvalue weighted by molar-refractivity contribution is 5.87. The zero-order valence-electron chi connectivity index (χ0n) is 9.67. The predicted molar refractivity (Wildman–Crippen MR) is 71.7 cm³/mol. The number of H-pyrrole nitrogens is 1. The third-order valence-electron chi connectivity index (χ3n) is 2.81. The van der Waals surface area contributed by atoms with Gasteiger partial charge in [-0.2, -0.15) is 5.10 Å². The number of hydrogen-bond donors (Lipinski definition) is 2. The molecule has 18 heavy (non-hydrogen) atoms. The fraction of sp³-hybridized carbons (Fsp3) is 0. The molecule has 0 spiro atoms. The summed E-state index contributed by atoms with van der Waals surface area (Å²) in [7, 11) is 0. The molecule has 0 radical (unpaired) electrons. The van der Waals surface area contributed by atoms with Crippen molar-refractivity contribution >= 4 is 5.82 Å². The Morgan fingerprint density at radius 2 is 1.72 bits per heavy atom. The number of pyridine rings is 1. The molecule has 4 nitrogen and oxygen atoms in total. The molecule has 0 saturated heterocycles.